The maximum absolute atomic E-state index is 3.31. The van der Waals surface area contributed by atoms with Crippen LogP contribution in [0.15, 0.2) is 146 Å². The van der Waals surface area contributed by atoms with Crippen molar-refractivity contribution in [1.29, 1.82) is 0 Å². The lowest BCUT2D eigenvalue weighted by Crippen LogP contribution is -2.32. The molecule has 0 bridgehead atoms. The van der Waals surface area contributed by atoms with Gasteiger partial charge in [0.1, 0.15) is 23.2 Å². The quantitative estimate of drug-likeness (QED) is 0.208. The first kappa shape index (κ1) is 21.9. The molecule has 0 aliphatic carbocycles. The molecule has 0 spiro atoms. The third kappa shape index (κ3) is 4.72. The van der Waals surface area contributed by atoms with Gasteiger partial charge in [-0.15, -0.1) is 0 Å². The molecule has 5 aromatic rings. The van der Waals surface area contributed by atoms with Crippen LogP contribution in [0.4, 0.5) is 0 Å². The van der Waals surface area contributed by atoms with Crippen molar-refractivity contribution in [1.82, 2.24) is 0 Å². The molecular weight excluding hydrogens is 427 g/mol. The van der Waals surface area contributed by atoms with Crippen molar-refractivity contribution >= 4 is 23.2 Å². The molecule has 0 saturated carbocycles. The van der Waals surface area contributed by atoms with E-state index in [-0.39, 0.29) is 0 Å². The third-order valence-corrected chi connectivity index (χ3v) is 10.5. The third-order valence-electron chi connectivity index (χ3n) is 6.09. The largest absolute Gasteiger partial charge is 0.116 e. The molecule has 0 heterocycles. The van der Waals surface area contributed by atoms with Crippen LogP contribution in [-0.2, 0) is 6.16 Å². The minimum absolute atomic E-state index is 0.970. The predicted octanol–water partition coefficient (Wildman–Crippen LogP) is 6.58. The molecule has 0 fully saturated rings. The van der Waals surface area contributed by atoms with Gasteiger partial charge in [0, 0.05) is 11.1 Å². The molecule has 1 heteroatoms. The Hall–Kier alpha value is -3.91. The standard InChI is InChI=1S/C33H26P/c1-5-13-28(14-6-1)21-22-29-23-25-30(26-24-29)27-34(31-15-7-2-8-16-31,32-17-9-3-10-18-32)33-19-11-4-12-20-33/h1-20,23-26H,27H2/q+1. The van der Waals surface area contributed by atoms with Crippen LogP contribution in [0, 0.1) is 11.8 Å². The zero-order valence-corrected chi connectivity index (χ0v) is 19.9. The van der Waals surface area contributed by atoms with Gasteiger partial charge >= 0.3 is 0 Å². The fraction of sp³-hybridized carbons (Fsp3) is 0.0303. The van der Waals surface area contributed by atoms with E-state index in [0.29, 0.717) is 0 Å². The second-order valence-corrected chi connectivity index (χ2v) is 11.8. The highest BCUT2D eigenvalue weighted by molar-refractivity contribution is 7.95. The molecule has 0 nitrogen and oxygen atoms in total. The Labute approximate surface area is 203 Å². The summed E-state index contributed by atoms with van der Waals surface area (Å²) < 4.78 is 0. The smallest absolute Gasteiger partial charge is 0.0622 e. The molecule has 0 N–H and O–H groups in total. The van der Waals surface area contributed by atoms with E-state index in [0.717, 1.165) is 17.3 Å². The van der Waals surface area contributed by atoms with E-state index in [1.54, 1.807) is 0 Å². The second-order valence-electron chi connectivity index (χ2n) is 8.29. The molecule has 162 valence electrons. The maximum atomic E-state index is 3.31. The van der Waals surface area contributed by atoms with E-state index in [4.69, 9.17) is 0 Å². The Kier molecular flexibility index (Phi) is 6.67. The summed E-state index contributed by atoms with van der Waals surface area (Å²) in [5.41, 5.74) is 3.40. The highest BCUT2D eigenvalue weighted by atomic mass is 31.2. The Morgan fingerprint density at radius 1 is 0.382 bits per heavy atom. The van der Waals surface area contributed by atoms with Gasteiger partial charge in [0.05, 0.1) is 6.16 Å². The lowest BCUT2D eigenvalue weighted by Gasteiger charge is -2.27. The Morgan fingerprint density at radius 3 is 1.15 bits per heavy atom. The van der Waals surface area contributed by atoms with Crippen LogP contribution in [0.2, 0.25) is 0 Å². The van der Waals surface area contributed by atoms with Crippen LogP contribution in [0.3, 0.4) is 0 Å². The van der Waals surface area contributed by atoms with E-state index < -0.39 is 7.26 Å². The van der Waals surface area contributed by atoms with Gasteiger partial charge in [-0.1, -0.05) is 96.8 Å². The minimum atomic E-state index is -1.89. The van der Waals surface area contributed by atoms with E-state index in [1.165, 1.54) is 21.5 Å². The molecule has 0 aromatic heterocycles. The van der Waals surface area contributed by atoms with Gasteiger partial charge < -0.3 is 0 Å². The maximum Gasteiger partial charge on any atom is 0.116 e. The zero-order valence-electron chi connectivity index (χ0n) is 19.0. The summed E-state index contributed by atoms with van der Waals surface area (Å²) >= 11 is 0. The number of rotatable bonds is 5. The second kappa shape index (κ2) is 10.4. The molecular formula is C33H26P+. The Morgan fingerprint density at radius 2 is 0.735 bits per heavy atom. The summed E-state index contributed by atoms with van der Waals surface area (Å²) in [4.78, 5) is 0. The lowest BCUT2D eigenvalue weighted by molar-refractivity contribution is 1.38. The first-order valence-corrected chi connectivity index (χ1v) is 13.5. The van der Waals surface area contributed by atoms with E-state index >= 15 is 0 Å². The summed E-state index contributed by atoms with van der Waals surface area (Å²) in [6.07, 6.45) is 0.970. The van der Waals surface area contributed by atoms with E-state index in [9.17, 15) is 0 Å². The monoisotopic (exact) mass is 453 g/mol. The Balaban J connectivity index is 1.57. The summed E-state index contributed by atoms with van der Waals surface area (Å²) in [6.45, 7) is 0. The first-order chi connectivity index (χ1) is 16.8. The molecule has 0 amide bonds. The fourth-order valence-corrected chi connectivity index (χ4v) is 8.65. The van der Waals surface area contributed by atoms with Crippen LogP contribution < -0.4 is 15.9 Å². The van der Waals surface area contributed by atoms with Crippen molar-refractivity contribution in [3.05, 3.63) is 162 Å². The van der Waals surface area contributed by atoms with Crippen LogP contribution >= 0.6 is 7.26 Å². The number of hydrogen-bond donors (Lipinski definition) is 0. The highest BCUT2D eigenvalue weighted by Gasteiger charge is 2.45. The van der Waals surface area contributed by atoms with Crippen LogP contribution in [-0.4, -0.2) is 0 Å². The Bertz CT molecular complexity index is 1280. The normalized spacial score (nSPS) is 10.8. The average molecular weight is 454 g/mol. The fourth-order valence-electron chi connectivity index (χ4n) is 4.40. The molecule has 0 atom stereocenters. The van der Waals surface area contributed by atoms with Gasteiger partial charge in [0.15, 0.2) is 0 Å². The van der Waals surface area contributed by atoms with Crippen LogP contribution in [0.1, 0.15) is 16.7 Å². The van der Waals surface area contributed by atoms with Crippen molar-refractivity contribution in [3.63, 3.8) is 0 Å². The van der Waals surface area contributed by atoms with Crippen molar-refractivity contribution < 1.29 is 0 Å². The molecule has 5 rings (SSSR count). The lowest BCUT2D eigenvalue weighted by atomic mass is 10.1. The van der Waals surface area contributed by atoms with Gasteiger partial charge in [-0.05, 0) is 66.2 Å². The highest BCUT2D eigenvalue weighted by Crippen LogP contribution is 2.58. The predicted molar refractivity (Wildman–Crippen MR) is 148 cm³/mol. The van der Waals surface area contributed by atoms with Gasteiger partial charge in [0.2, 0.25) is 0 Å². The molecule has 0 saturated heterocycles. The summed E-state index contributed by atoms with van der Waals surface area (Å²) in [6, 6.07) is 52.0. The summed E-state index contributed by atoms with van der Waals surface area (Å²) in [7, 11) is -1.89. The van der Waals surface area contributed by atoms with Crippen molar-refractivity contribution in [2.24, 2.45) is 0 Å². The SMILES string of the molecule is C(#Cc1ccc(C[P+](c2ccccc2)(c2ccccc2)c2ccccc2)cc1)c1ccccc1. The molecule has 0 aliphatic heterocycles. The van der Waals surface area contributed by atoms with Crippen molar-refractivity contribution in [2.45, 2.75) is 6.16 Å². The summed E-state index contributed by atoms with van der Waals surface area (Å²) in [5, 5.41) is 4.21. The molecule has 5 aromatic carbocycles. The average Bonchev–Trinajstić information content (AvgIpc) is 2.93. The topological polar surface area (TPSA) is 0 Å². The molecule has 0 radical (unpaired) electrons. The zero-order chi connectivity index (χ0) is 23.1. The number of hydrogen-bond acceptors (Lipinski definition) is 0. The van der Waals surface area contributed by atoms with Crippen LogP contribution in [0.25, 0.3) is 0 Å². The molecule has 0 unspecified atom stereocenters. The van der Waals surface area contributed by atoms with Gasteiger partial charge in [0.25, 0.3) is 0 Å². The molecule has 34 heavy (non-hydrogen) atoms. The minimum Gasteiger partial charge on any atom is -0.0622 e. The van der Waals surface area contributed by atoms with E-state index in [2.05, 4.69) is 127 Å². The van der Waals surface area contributed by atoms with Gasteiger partial charge in [-0.25, -0.2) is 0 Å². The number of benzene rings is 5. The van der Waals surface area contributed by atoms with Crippen LogP contribution in [0.5, 0.6) is 0 Å². The van der Waals surface area contributed by atoms with Crippen molar-refractivity contribution in [2.75, 3.05) is 0 Å². The van der Waals surface area contributed by atoms with Gasteiger partial charge in [-0.3, -0.25) is 0 Å². The molecule has 0 aliphatic rings. The van der Waals surface area contributed by atoms with Crippen molar-refractivity contribution in [3.8, 4) is 11.8 Å². The van der Waals surface area contributed by atoms with E-state index in [1.807, 2.05) is 30.3 Å². The van der Waals surface area contributed by atoms with Gasteiger partial charge in [-0.2, -0.15) is 0 Å². The summed E-state index contributed by atoms with van der Waals surface area (Å²) in [5.74, 6) is 6.57. The first-order valence-electron chi connectivity index (χ1n) is 11.6.